The fourth-order valence-electron chi connectivity index (χ4n) is 1.85. The molecule has 0 aliphatic heterocycles. The highest BCUT2D eigenvalue weighted by molar-refractivity contribution is 6.29. The van der Waals surface area contributed by atoms with Gasteiger partial charge in [-0.05, 0) is 24.3 Å². The van der Waals surface area contributed by atoms with Crippen LogP contribution < -0.4 is 5.73 Å². The van der Waals surface area contributed by atoms with Crippen molar-refractivity contribution in [2.24, 2.45) is 5.73 Å². The molecule has 94 valence electrons. The summed E-state index contributed by atoms with van der Waals surface area (Å²) in [6.45, 7) is 0. The molecule has 2 heterocycles. The number of hydrogen-bond acceptors (Lipinski definition) is 4. The number of benzene rings is 1. The predicted octanol–water partition coefficient (Wildman–Crippen LogP) is 1.77. The molecule has 0 fully saturated rings. The number of amides is 1. The Morgan fingerprint density at radius 3 is 2.84 bits per heavy atom. The maximum Gasteiger partial charge on any atom is 0.271 e. The lowest BCUT2D eigenvalue weighted by Gasteiger charge is -2.02. The average molecular weight is 274 g/mol. The monoisotopic (exact) mass is 273 g/mol. The summed E-state index contributed by atoms with van der Waals surface area (Å²) in [5.74, 6) is -0.627. The zero-order chi connectivity index (χ0) is 13.4. The Kier molecular flexibility index (Phi) is 2.64. The predicted molar refractivity (Wildman–Crippen MR) is 70.6 cm³/mol. The molecule has 1 aromatic carbocycles. The van der Waals surface area contributed by atoms with Crippen LogP contribution in [0.1, 0.15) is 10.5 Å². The van der Waals surface area contributed by atoms with Crippen molar-refractivity contribution in [1.29, 1.82) is 0 Å². The third-order valence-electron chi connectivity index (χ3n) is 2.71. The van der Waals surface area contributed by atoms with Crippen molar-refractivity contribution in [2.45, 2.75) is 0 Å². The van der Waals surface area contributed by atoms with E-state index in [1.807, 2.05) is 12.1 Å². The first-order valence-corrected chi connectivity index (χ1v) is 5.80. The van der Waals surface area contributed by atoms with Crippen molar-refractivity contribution >= 4 is 28.4 Å². The minimum Gasteiger partial charge on any atom is -0.364 e. The molecule has 0 aliphatic rings. The van der Waals surface area contributed by atoms with Crippen LogP contribution in [0.25, 0.3) is 22.2 Å². The number of carbonyl (C=O) groups is 1. The zero-order valence-corrected chi connectivity index (χ0v) is 10.3. The van der Waals surface area contributed by atoms with Crippen molar-refractivity contribution in [2.75, 3.05) is 0 Å². The Morgan fingerprint density at radius 2 is 2.05 bits per heavy atom. The number of carbonyl (C=O) groups excluding carboxylic acids is 1. The smallest absolute Gasteiger partial charge is 0.271 e. The third-order valence-corrected chi connectivity index (χ3v) is 2.92. The summed E-state index contributed by atoms with van der Waals surface area (Å²) in [6.07, 6.45) is 0. The van der Waals surface area contributed by atoms with Crippen LogP contribution in [0, 0.1) is 0 Å². The number of pyridine rings is 1. The molecule has 3 aromatic rings. The molecule has 0 saturated heterocycles. The van der Waals surface area contributed by atoms with Crippen LogP contribution in [0.3, 0.4) is 0 Å². The van der Waals surface area contributed by atoms with Gasteiger partial charge in [0.05, 0.1) is 5.52 Å². The first-order chi connectivity index (χ1) is 9.15. The van der Waals surface area contributed by atoms with Gasteiger partial charge in [-0.1, -0.05) is 17.7 Å². The largest absolute Gasteiger partial charge is 0.364 e. The zero-order valence-electron chi connectivity index (χ0n) is 9.59. The Bertz CT molecular complexity index is 783. The Balaban J connectivity index is 2.18. The summed E-state index contributed by atoms with van der Waals surface area (Å²) in [5, 5.41) is 11.4. The van der Waals surface area contributed by atoms with E-state index < -0.39 is 5.91 Å². The lowest BCUT2D eigenvalue weighted by Crippen LogP contribution is -2.12. The average Bonchev–Trinajstić information content (AvgIpc) is 2.87. The summed E-state index contributed by atoms with van der Waals surface area (Å²) in [4.78, 5) is 15.4. The van der Waals surface area contributed by atoms with E-state index in [4.69, 9.17) is 17.3 Å². The molecule has 0 atom stereocenters. The SMILES string of the molecule is NC(=O)c1n[nH]nc1-c1ccc2nc(Cl)ccc2c1. The number of fused-ring (bicyclic) bond motifs is 1. The number of halogens is 1. The molecular weight excluding hydrogens is 266 g/mol. The highest BCUT2D eigenvalue weighted by atomic mass is 35.5. The van der Waals surface area contributed by atoms with Gasteiger partial charge in [0.2, 0.25) is 0 Å². The molecule has 0 bridgehead atoms. The fourth-order valence-corrected chi connectivity index (χ4v) is 2.01. The van der Waals surface area contributed by atoms with E-state index in [-0.39, 0.29) is 5.69 Å². The molecule has 0 spiro atoms. The molecule has 2 aromatic heterocycles. The molecule has 19 heavy (non-hydrogen) atoms. The van der Waals surface area contributed by atoms with Crippen LogP contribution >= 0.6 is 11.6 Å². The summed E-state index contributed by atoms with van der Waals surface area (Å²) >= 11 is 5.83. The van der Waals surface area contributed by atoms with Gasteiger partial charge in [0.15, 0.2) is 5.69 Å². The second-order valence-electron chi connectivity index (χ2n) is 3.93. The van der Waals surface area contributed by atoms with Crippen molar-refractivity contribution in [3.05, 3.63) is 41.2 Å². The molecule has 0 radical (unpaired) electrons. The summed E-state index contributed by atoms with van der Waals surface area (Å²) < 4.78 is 0. The van der Waals surface area contributed by atoms with Gasteiger partial charge in [-0.2, -0.15) is 15.4 Å². The quantitative estimate of drug-likeness (QED) is 0.695. The van der Waals surface area contributed by atoms with E-state index in [9.17, 15) is 4.79 Å². The maximum absolute atomic E-state index is 11.2. The number of aromatic nitrogens is 4. The van der Waals surface area contributed by atoms with Crippen LogP contribution in [0.4, 0.5) is 0 Å². The van der Waals surface area contributed by atoms with E-state index in [1.54, 1.807) is 18.2 Å². The Labute approximate surface area is 112 Å². The van der Waals surface area contributed by atoms with E-state index in [0.29, 0.717) is 10.8 Å². The molecule has 1 amide bonds. The lowest BCUT2D eigenvalue weighted by molar-refractivity contribution is 0.0996. The molecule has 0 unspecified atom stereocenters. The Hall–Kier alpha value is -2.47. The first kappa shape index (κ1) is 11.6. The number of nitrogens with zero attached hydrogens (tertiary/aromatic N) is 3. The van der Waals surface area contributed by atoms with E-state index in [0.717, 1.165) is 16.5 Å². The summed E-state index contributed by atoms with van der Waals surface area (Å²) in [6, 6.07) is 8.98. The van der Waals surface area contributed by atoms with Gasteiger partial charge in [0.25, 0.3) is 5.91 Å². The van der Waals surface area contributed by atoms with Crippen LogP contribution in [0.2, 0.25) is 5.15 Å². The van der Waals surface area contributed by atoms with Gasteiger partial charge in [-0.25, -0.2) is 4.98 Å². The second-order valence-corrected chi connectivity index (χ2v) is 4.31. The number of hydrogen-bond donors (Lipinski definition) is 2. The number of rotatable bonds is 2. The summed E-state index contributed by atoms with van der Waals surface area (Å²) in [5.41, 5.74) is 7.27. The molecule has 6 nitrogen and oxygen atoms in total. The van der Waals surface area contributed by atoms with Crippen LogP contribution in [-0.4, -0.2) is 26.3 Å². The summed E-state index contributed by atoms with van der Waals surface area (Å²) in [7, 11) is 0. The lowest BCUT2D eigenvalue weighted by atomic mass is 10.1. The van der Waals surface area contributed by atoms with E-state index in [2.05, 4.69) is 20.4 Å². The molecular formula is C12H8ClN5O. The highest BCUT2D eigenvalue weighted by Crippen LogP contribution is 2.24. The third kappa shape index (κ3) is 2.02. The minimum atomic E-state index is -0.627. The highest BCUT2D eigenvalue weighted by Gasteiger charge is 2.15. The molecule has 7 heteroatoms. The number of nitrogens with two attached hydrogens (primary N) is 1. The van der Waals surface area contributed by atoms with Crippen molar-refractivity contribution in [3.63, 3.8) is 0 Å². The van der Waals surface area contributed by atoms with Gasteiger partial charge in [0.1, 0.15) is 10.8 Å². The fraction of sp³-hybridized carbons (Fsp3) is 0. The van der Waals surface area contributed by atoms with Crippen LogP contribution in [0.15, 0.2) is 30.3 Å². The van der Waals surface area contributed by atoms with Gasteiger partial charge >= 0.3 is 0 Å². The molecule has 0 saturated carbocycles. The topological polar surface area (TPSA) is 97.6 Å². The normalized spacial score (nSPS) is 10.8. The number of aromatic amines is 1. The van der Waals surface area contributed by atoms with Crippen molar-refractivity contribution in [1.82, 2.24) is 20.4 Å². The maximum atomic E-state index is 11.2. The second kappa shape index (κ2) is 4.33. The Morgan fingerprint density at radius 1 is 1.21 bits per heavy atom. The van der Waals surface area contributed by atoms with Crippen LogP contribution in [-0.2, 0) is 0 Å². The van der Waals surface area contributed by atoms with E-state index >= 15 is 0 Å². The number of H-pyrrole nitrogens is 1. The van der Waals surface area contributed by atoms with Gasteiger partial charge in [-0.15, -0.1) is 0 Å². The minimum absolute atomic E-state index is 0.112. The van der Waals surface area contributed by atoms with Gasteiger partial charge in [0, 0.05) is 10.9 Å². The molecule has 3 rings (SSSR count). The van der Waals surface area contributed by atoms with Crippen molar-refractivity contribution < 1.29 is 4.79 Å². The van der Waals surface area contributed by atoms with Crippen LogP contribution in [0.5, 0.6) is 0 Å². The van der Waals surface area contributed by atoms with Gasteiger partial charge in [-0.3, -0.25) is 4.79 Å². The first-order valence-electron chi connectivity index (χ1n) is 5.42. The van der Waals surface area contributed by atoms with Crippen molar-refractivity contribution in [3.8, 4) is 11.3 Å². The molecule has 0 aliphatic carbocycles. The van der Waals surface area contributed by atoms with E-state index in [1.165, 1.54) is 0 Å². The van der Waals surface area contributed by atoms with Gasteiger partial charge < -0.3 is 5.73 Å². The number of nitrogens with one attached hydrogen (secondary N) is 1. The standard InChI is InChI=1S/C12H8ClN5O/c13-9-4-2-6-5-7(1-3-8(6)15-9)10-11(12(14)19)17-18-16-10/h1-5H,(H2,14,19)(H,16,17,18). The number of primary amides is 1. The molecule has 3 N–H and O–H groups in total.